The first-order valence-electron chi connectivity index (χ1n) is 8.61. The van der Waals surface area contributed by atoms with E-state index in [0.717, 1.165) is 0 Å². The van der Waals surface area contributed by atoms with E-state index in [-0.39, 0.29) is 22.4 Å². The van der Waals surface area contributed by atoms with E-state index in [9.17, 15) is 17.6 Å². The van der Waals surface area contributed by atoms with E-state index >= 15 is 0 Å². The quantitative estimate of drug-likeness (QED) is 0.848. The molecule has 144 valence electrons. The molecular weight excluding hydrogens is 371 g/mol. The number of piperidine rings is 1. The van der Waals surface area contributed by atoms with E-state index in [2.05, 4.69) is 4.72 Å². The smallest absolute Gasteiger partial charge is 0.256 e. The van der Waals surface area contributed by atoms with Crippen LogP contribution in [0.5, 0.6) is 5.75 Å². The molecule has 3 rings (SSSR count). The Morgan fingerprint density at radius 1 is 1.11 bits per heavy atom. The van der Waals surface area contributed by atoms with Crippen LogP contribution >= 0.6 is 0 Å². The second-order valence-corrected chi connectivity index (χ2v) is 8.06. The number of rotatable bonds is 5. The second-order valence-electron chi connectivity index (χ2n) is 6.34. The summed E-state index contributed by atoms with van der Waals surface area (Å²) in [5, 5.41) is 0. The highest BCUT2D eigenvalue weighted by molar-refractivity contribution is 7.89. The van der Waals surface area contributed by atoms with Crippen molar-refractivity contribution in [1.29, 1.82) is 0 Å². The number of hydrogen-bond acceptors (Lipinski definition) is 4. The Balaban J connectivity index is 1.60. The minimum absolute atomic E-state index is 0.0368. The number of carbonyl (C=O) groups excluding carboxylic acids is 1. The third-order valence-electron chi connectivity index (χ3n) is 4.58. The number of sulfonamides is 1. The fraction of sp³-hybridized carbons (Fsp3) is 0.316. The molecule has 0 unspecified atom stereocenters. The first-order valence-corrected chi connectivity index (χ1v) is 10.1. The van der Waals surface area contributed by atoms with Crippen LogP contribution in [0.2, 0.25) is 0 Å². The van der Waals surface area contributed by atoms with Crippen molar-refractivity contribution in [3.63, 3.8) is 0 Å². The van der Waals surface area contributed by atoms with Crippen LogP contribution in [-0.2, 0) is 10.0 Å². The second kappa shape index (κ2) is 8.06. The molecule has 0 aromatic heterocycles. The number of methoxy groups -OCH3 is 1. The zero-order valence-electron chi connectivity index (χ0n) is 14.9. The largest absolute Gasteiger partial charge is 0.497 e. The lowest BCUT2D eigenvalue weighted by Crippen LogP contribution is -2.46. The fourth-order valence-electron chi connectivity index (χ4n) is 3.05. The van der Waals surface area contributed by atoms with Gasteiger partial charge in [0.05, 0.1) is 17.6 Å². The van der Waals surface area contributed by atoms with Gasteiger partial charge in [-0.1, -0.05) is 12.1 Å². The monoisotopic (exact) mass is 392 g/mol. The van der Waals surface area contributed by atoms with Gasteiger partial charge in [-0.3, -0.25) is 4.79 Å². The fourth-order valence-corrected chi connectivity index (χ4v) is 4.35. The van der Waals surface area contributed by atoms with Crippen LogP contribution in [0.15, 0.2) is 53.4 Å². The van der Waals surface area contributed by atoms with E-state index in [1.807, 2.05) is 0 Å². The Bertz CT molecular complexity index is 908. The molecule has 2 aromatic carbocycles. The van der Waals surface area contributed by atoms with E-state index in [0.29, 0.717) is 31.7 Å². The van der Waals surface area contributed by atoms with Gasteiger partial charge in [0, 0.05) is 19.1 Å². The van der Waals surface area contributed by atoms with Crippen LogP contribution < -0.4 is 9.46 Å². The van der Waals surface area contributed by atoms with Crippen molar-refractivity contribution in [1.82, 2.24) is 9.62 Å². The summed E-state index contributed by atoms with van der Waals surface area (Å²) in [5.74, 6) is -0.344. The molecule has 1 amide bonds. The highest BCUT2D eigenvalue weighted by Gasteiger charge is 2.28. The molecule has 1 aliphatic heterocycles. The summed E-state index contributed by atoms with van der Waals surface area (Å²) in [5.41, 5.74) is 0.0368. The van der Waals surface area contributed by atoms with E-state index < -0.39 is 15.8 Å². The molecule has 0 aliphatic carbocycles. The minimum Gasteiger partial charge on any atom is -0.497 e. The Hall–Kier alpha value is -2.45. The maximum atomic E-state index is 13.8. The van der Waals surface area contributed by atoms with Crippen LogP contribution in [0, 0.1) is 5.82 Å². The summed E-state index contributed by atoms with van der Waals surface area (Å²) in [4.78, 5) is 14.1. The Kier molecular flexibility index (Phi) is 5.76. The van der Waals surface area contributed by atoms with Crippen molar-refractivity contribution in [2.75, 3.05) is 20.2 Å². The minimum atomic E-state index is -3.65. The average molecular weight is 392 g/mol. The Morgan fingerprint density at radius 2 is 1.74 bits per heavy atom. The van der Waals surface area contributed by atoms with Crippen LogP contribution in [0.1, 0.15) is 23.2 Å². The molecule has 8 heteroatoms. The van der Waals surface area contributed by atoms with Crippen LogP contribution in [-0.4, -0.2) is 45.5 Å². The number of ether oxygens (including phenoxy) is 1. The van der Waals surface area contributed by atoms with E-state index in [1.54, 1.807) is 23.1 Å². The topological polar surface area (TPSA) is 75.7 Å². The Labute approximate surface area is 158 Å². The van der Waals surface area contributed by atoms with Crippen molar-refractivity contribution >= 4 is 15.9 Å². The summed E-state index contributed by atoms with van der Waals surface area (Å²) in [7, 11) is -2.14. The molecule has 0 radical (unpaired) electrons. The van der Waals surface area contributed by atoms with Crippen molar-refractivity contribution in [2.45, 2.75) is 23.8 Å². The third kappa shape index (κ3) is 4.45. The number of amides is 1. The van der Waals surface area contributed by atoms with Gasteiger partial charge in [0.1, 0.15) is 11.6 Å². The molecule has 1 aliphatic rings. The van der Waals surface area contributed by atoms with Crippen LogP contribution in [0.25, 0.3) is 0 Å². The maximum absolute atomic E-state index is 13.8. The SMILES string of the molecule is COc1ccc(S(=O)(=O)NC2CCN(C(=O)c3ccccc3F)CC2)cc1. The summed E-state index contributed by atoms with van der Waals surface area (Å²) in [6.45, 7) is 0.728. The molecular formula is C19H21FN2O4S. The van der Waals surface area contributed by atoms with Gasteiger partial charge >= 0.3 is 0 Å². The highest BCUT2D eigenvalue weighted by Crippen LogP contribution is 2.19. The van der Waals surface area contributed by atoms with Crippen molar-refractivity contribution in [2.24, 2.45) is 0 Å². The molecule has 1 heterocycles. The Morgan fingerprint density at radius 3 is 2.33 bits per heavy atom. The number of nitrogens with one attached hydrogen (secondary N) is 1. The number of nitrogens with zero attached hydrogens (tertiary/aromatic N) is 1. The molecule has 0 bridgehead atoms. The molecule has 2 aromatic rings. The van der Waals surface area contributed by atoms with Gasteiger partial charge in [-0.2, -0.15) is 0 Å². The first-order chi connectivity index (χ1) is 12.9. The number of benzene rings is 2. The van der Waals surface area contributed by atoms with Gasteiger partial charge in [0.15, 0.2) is 0 Å². The van der Waals surface area contributed by atoms with E-state index in [1.165, 1.54) is 37.4 Å². The predicted octanol–water partition coefficient (Wildman–Crippen LogP) is 2.42. The molecule has 0 saturated carbocycles. The average Bonchev–Trinajstić information content (AvgIpc) is 2.68. The zero-order chi connectivity index (χ0) is 19.4. The molecule has 6 nitrogen and oxygen atoms in total. The van der Waals surface area contributed by atoms with Gasteiger partial charge in [0.25, 0.3) is 5.91 Å². The predicted molar refractivity (Wildman–Crippen MR) is 98.6 cm³/mol. The van der Waals surface area contributed by atoms with Crippen LogP contribution in [0.4, 0.5) is 4.39 Å². The molecule has 0 spiro atoms. The number of halogens is 1. The molecule has 1 N–H and O–H groups in total. The van der Waals surface area contributed by atoms with Crippen molar-refractivity contribution in [3.05, 3.63) is 59.9 Å². The third-order valence-corrected chi connectivity index (χ3v) is 6.11. The summed E-state index contributed by atoms with van der Waals surface area (Å²) in [6, 6.07) is 11.7. The standard InChI is InChI=1S/C19H21FN2O4S/c1-26-15-6-8-16(9-7-15)27(24,25)21-14-10-12-22(13-11-14)19(23)17-4-2-3-5-18(17)20/h2-9,14,21H,10-13H2,1H3. The summed E-state index contributed by atoms with van der Waals surface area (Å²) in [6.07, 6.45) is 0.936. The number of carbonyl (C=O) groups is 1. The van der Waals surface area contributed by atoms with Gasteiger partial charge < -0.3 is 9.64 Å². The van der Waals surface area contributed by atoms with Crippen molar-refractivity contribution < 1.29 is 22.3 Å². The van der Waals surface area contributed by atoms with Gasteiger partial charge in [-0.15, -0.1) is 0 Å². The molecule has 1 saturated heterocycles. The first kappa shape index (κ1) is 19.3. The molecule has 0 atom stereocenters. The molecule has 1 fully saturated rings. The maximum Gasteiger partial charge on any atom is 0.256 e. The van der Waals surface area contributed by atoms with Gasteiger partial charge in [-0.25, -0.2) is 17.5 Å². The van der Waals surface area contributed by atoms with Crippen LogP contribution in [0.3, 0.4) is 0 Å². The molecule has 27 heavy (non-hydrogen) atoms. The summed E-state index contributed by atoms with van der Waals surface area (Å²) < 4.78 is 46.5. The van der Waals surface area contributed by atoms with Gasteiger partial charge in [0.2, 0.25) is 10.0 Å². The lowest BCUT2D eigenvalue weighted by Gasteiger charge is -2.32. The van der Waals surface area contributed by atoms with Crippen molar-refractivity contribution in [3.8, 4) is 5.75 Å². The highest BCUT2D eigenvalue weighted by atomic mass is 32.2. The summed E-state index contributed by atoms with van der Waals surface area (Å²) >= 11 is 0. The lowest BCUT2D eigenvalue weighted by molar-refractivity contribution is 0.0706. The number of likely N-dealkylation sites (tertiary alicyclic amines) is 1. The van der Waals surface area contributed by atoms with Gasteiger partial charge in [-0.05, 0) is 49.2 Å². The zero-order valence-corrected chi connectivity index (χ0v) is 15.7. The van der Waals surface area contributed by atoms with E-state index in [4.69, 9.17) is 4.74 Å². The lowest BCUT2D eigenvalue weighted by atomic mass is 10.0. The number of hydrogen-bond donors (Lipinski definition) is 1. The normalized spacial score (nSPS) is 15.6.